The third kappa shape index (κ3) is 0.959. The Bertz CT molecular complexity index is 242. The lowest BCUT2D eigenvalue weighted by atomic mass is 9.93. The summed E-state index contributed by atoms with van der Waals surface area (Å²) >= 11 is 0. The Kier molecular flexibility index (Phi) is 1.29. The number of carboxylic acid groups (broad SMARTS) is 1. The maximum atomic E-state index is 10.6. The first-order valence-corrected chi connectivity index (χ1v) is 3.78. The summed E-state index contributed by atoms with van der Waals surface area (Å²) < 4.78 is 5.25. The first kappa shape index (κ1) is 6.85. The van der Waals surface area contributed by atoms with Crippen molar-refractivity contribution < 1.29 is 14.6 Å². The molecule has 1 heterocycles. The van der Waals surface area contributed by atoms with Crippen molar-refractivity contribution in [2.24, 2.45) is 0 Å². The van der Waals surface area contributed by atoms with Gasteiger partial charge in [-0.05, 0) is 25.3 Å². The van der Waals surface area contributed by atoms with Crippen LogP contribution in [0.3, 0.4) is 0 Å². The van der Waals surface area contributed by atoms with Gasteiger partial charge in [-0.15, -0.1) is 0 Å². The van der Waals surface area contributed by atoms with Gasteiger partial charge in [-0.3, -0.25) is 0 Å². The maximum Gasteiger partial charge on any atom is 0.331 e. The van der Waals surface area contributed by atoms with Crippen LogP contribution in [0.1, 0.15) is 19.8 Å². The molecule has 1 aliphatic carbocycles. The smallest absolute Gasteiger partial charge is 0.331 e. The van der Waals surface area contributed by atoms with Crippen molar-refractivity contribution in [3.8, 4) is 0 Å². The molecule has 2 unspecified atom stereocenters. The molecule has 2 aliphatic rings. The Morgan fingerprint density at radius 3 is 3.09 bits per heavy atom. The molecule has 0 spiro atoms. The maximum absolute atomic E-state index is 10.6. The zero-order chi connectivity index (χ0) is 8.01. The zero-order valence-electron chi connectivity index (χ0n) is 6.33. The Balaban J connectivity index is 2.28. The molecule has 0 amide bonds. The van der Waals surface area contributed by atoms with Crippen LogP contribution in [0.2, 0.25) is 0 Å². The molecule has 60 valence electrons. The van der Waals surface area contributed by atoms with Crippen LogP contribution in [-0.2, 0) is 9.53 Å². The van der Waals surface area contributed by atoms with Crippen LogP contribution in [0.15, 0.2) is 11.1 Å². The molecule has 0 bridgehead atoms. The van der Waals surface area contributed by atoms with Gasteiger partial charge in [0.1, 0.15) is 6.10 Å². The van der Waals surface area contributed by atoms with Gasteiger partial charge in [-0.1, -0.05) is 0 Å². The average Bonchev–Trinajstić information content (AvgIpc) is 2.66. The fourth-order valence-corrected chi connectivity index (χ4v) is 1.67. The minimum atomic E-state index is -0.781. The van der Waals surface area contributed by atoms with E-state index in [1.165, 1.54) is 0 Å². The predicted molar refractivity (Wildman–Crippen MR) is 38.2 cm³/mol. The van der Waals surface area contributed by atoms with Gasteiger partial charge in [0.2, 0.25) is 0 Å². The first-order valence-electron chi connectivity index (χ1n) is 3.78. The van der Waals surface area contributed by atoms with Crippen LogP contribution in [0.4, 0.5) is 0 Å². The zero-order valence-corrected chi connectivity index (χ0v) is 6.33. The highest BCUT2D eigenvalue weighted by Crippen LogP contribution is 2.40. The minimum Gasteiger partial charge on any atom is -0.478 e. The summed E-state index contributed by atoms with van der Waals surface area (Å²) in [5.41, 5.74) is 1.48. The summed E-state index contributed by atoms with van der Waals surface area (Å²) in [5.74, 6) is -0.781. The molecule has 3 nitrogen and oxygen atoms in total. The van der Waals surface area contributed by atoms with Crippen LogP contribution in [-0.4, -0.2) is 23.3 Å². The van der Waals surface area contributed by atoms with Crippen LogP contribution in [0.5, 0.6) is 0 Å². The van der Waals surface area contributed by atoms with Gasteiger partial charge in [0.15, 0.2) is 0 Å². The predicted octanol–water partition coefficient (Wildman–Crippen LogP) is 0.949. The molecule has 0 saturated carbocycles. The van der Waals surface area contributed by atoms with Crippen LogP contribution in [0, 0.1) is 0 Å². The molecule has 0 radical (unpaired) electrons. The highest BCUT2D eigenvalue weighted by Gasteiger charge is 2.44. The molecule has 3 heteroatoms. The normalized spacial score (nSPS) is 35.0. The van der Waals surface area contributed by atoms with Crippen molar-refractivity contribution in [3.05, 3.63) is 11.1 Å². The van der Waals surface area contributed by atoms with Gasteiger partial charge in [0.25, 0.3) is 0 Å². The lowest BCUT2D eigenvalue weighted by Gasteiger charge is -2.09. The van der Waals surface area contributed by atoms with Crippen molar-refractivity contribution in [1.82, 2.24) is 0 Å². The topological polar surface area (TPSA) is 49.8 Å². The number of carboxylic acids is 1. The van der Waals surface area contributed by atoms with Crippen molar-refractivity contribution in [3.63, 3.8) is 0 Å². The minimum absolute atomic E-state index is 0.134. The molecule has 2 atom stereocenters. The number of hydrogen-bond donors (Lipinski definition) is 1. The lowest BCUT2D eigenvalue weighted by Crippen LogP contribution is -2.13. The number of hydrogen-bond acceptors (Lipinski definition) is 2. The summed E-state index contributed by atoms with van der Waals surface area (Å²) in [6, 6.07) is 0. The summed E-state index contributed by atoms with van der Waals surface area (Å²) in [7, 11) is 0. The molecule has 11 heavy (non-hydrogen) atoms. The largest absolute Gasteiger partial charge is 0.478 e. The van der Waals surface area contributed by atoms with Gasteiger partial charge in [-0.2, -0.15) is 0 Å². The average molecular weight is 154 g/mol. The molecule has 1 saturated heterocycles. The van der Waals surface area contributed by atoms with Gasteiger partial charge in [0.05, 0.1) is 6.10 Å². The summed E-state index contributed by atoms with van der Waals surface area (Å²) in [6.07, 6.45) is 2.01. The van der Waals surface area contributed by atoms with Crippen LogP contribution < -0.4 is 0 Å². The Morgan fingerprint density at radius 2 is 2.45 bits per heavy atom. The second kappa shape index (κ2) is 2.08. The van der Waals surface area contributed by atoms with Crippen LogP contribution >= 0.6 is 0 Å². The van der Waals surface area contributed by atoms with Gasteiger partial charge < -0.3 is 9.84 Å². The molecule has 0 aromatic rings. The molecule has 1 N–H and O–H groups in total. The Hall–Kier alpha value is -0.830. The van der Waals surface area contributed by atoms with Crippen molar-refractivity contribution in [1.29, 1.82) is 0 Å². The summed E-state index contributed by atoms with van der Waals surface area (Å²) in [4.78, 5) is 10.6. The van der Waals surface area contributed by atoms with Gasteiger partial charge >= 0.3 is 5.97 Å². The molecule has 1 fully saturated rings. The molecule has 2 rings (SSSR count). The number of rotatable bonds is 1. The van der Waals surface area contributed by atoms with E-state index < -0.39 is 5.97 Å². The van der Waals surface area contributed by atoms with E-state index in [0.29, 0.717) is 18.1 Å². The van der Waals surface area contributed by atoms with Crippen molar-refractivity contribution in [2.45, 2.75) is 32.0 Å². The van der Waals surface area contributed by atoms with E-state index in [2.05, 4.69) is 0 Å². The Labute approximate surface area is 64.7 Å². The third-order valence-electron chi connectivity index (χ3n) is 2.42. The molecule has 1 aliphatic heterocycles. The van der Waals surface area contributed by atoms with E-state index in [1.807, 2.05) is 6.92 Å². The van der Waals surface area contributed by atoms with Crippen LogP contribution in [0.25, 0.3) is 0 Å². The highest BCUT2D eigenvalue weighted by atomic mass is 16.6. The number of aliphatic carboxylic acids is 1. The highest BCUT2D eigenvalue weighted by molar-refractivity contribution is 5.88. The van der Waals surface area contributed by atoms with E-state index >= 15 is 0 Å². The molecular formula is C8H10O3. The van der Waals surface area contributed by atoms with Gasteiger partial charge in [-0.25, -0.2) is 4.79 Å². The fourth-order valence-electron chi connectivity index (χ4n) is 1.67. The summed E-state index contributed by atoms with van der Waals surface area (Å²) in [6.45, 7) is 1.85. The number of carbonyl (C=O) groups is 1. The first-order chi connectivity index (χ1) is 5.20. The fraction of sp³-hybridized carbons (Fsp3) is 0.625. The van der Waals surface area contributed by atoms with Crippen molar-refractivity contribution >= 4 is 5.97 Å². The SMILES string of the molecule is CC1=C(C(=O)O)CCC2OC12. The quantitative estimate of drug-likeness (QED) is 0.572. The van der Waals surface area contributed by atoms with E-state index in [0.717, 1.165) is 12.0 Å². The van der Waals surface area contributed by atoms with E-state index in [-0.39, 0.29) is 6.10 Å². The standard InChI is InChI=1S/C8H10O3/c1-4-5(8(9)10)2-3-6-7(4)11-6/h6-7H,2-3H2,1H3,(H,9,10). The van der Waals surface area contributed by atoms with E-state index in [9.17, 15) is 4.79 Å². The Morgan fingerprint density at radius 1 is 1.73 bits per heavy atom. The molecule has 0 aromatic carbocycles. The molecular weight excluding hydrogens is 144 g/mol. The second-order valence-corrected chi connectivity index (χ2v) is 3.10. The number of fused-ring (bicyclic) bond motifs is 1. The van der Waals surface area contributed by atoms with Crippen molar-refractivity contribution in [2.75, 3.05) is 0 Å². The number of ether oxygens (including phenoxy) is 1. The van der Waals surface area contributed by atoms with E-state index in [4.69, 9.17) is 9.84 Å². The lowest BCUT2D eigenvalue weighted by molar-refractivity contribution is -0.132. The third-order valence-corrected chi connectivity index (χ3v) is 2.42. The number of epoxide rings is 1. The second-order valence-electron chi connectivity index (χ2n) is 3.10. The van der Waals surface area contributed by atoms with Gasteiger partial charge in [0, 0.05) is 5.57 Å². The van der Waals surface area contributed by atoms with E-state index in [1.54, 1.807) is 0 Å². The molecule has 0 aromatic heterocycles. The monoisotopic (exact) mass is 154 g/mol. The summed E-state index contributed by atoms with van der Waals surface area (Å²) in [5, 5.41) is 8.73.